The van der Waals surface area contributed by atoms with Crippen LogP contribution in [0.3, 0.4) is 0 Å². The number of para-hydroxylation sites is 1. The summed E-state index contributed by atoms with van der Waals surface area (Å²) in [6.07, 6.45) is 0.0535. The predicted octanol–water partition coefficient (Wildman–Crippen LogP) is 2.91. The first-order valence-corrected chi connectivity index (χ1v) is 8.27. The molecule has 6 heteroatoms. The third-order valence-electron chi connectivity index (χ3n) is 4.38. The molecule has 0 radical (unpaired) electrons. The molecule has 2 aromatic rings. The van der Waals surface area contributed by atoms with Crippen LogP contribution in [0.2, 0.25) is 0 Å². The van der Waals surface area contributed by atoms with Crippen LogP contribution in [0.1, 0.15) is 22.3 Å². The molecule has 134 valence electrons. The Morgan fingerprint density at radius 2 is 1.85 bits per heavy atom. The Balaban J connectivity index is 1.59. The number of Topliss-reactive ketones (excluding diaryl/α,β-unsaturated/α-hetero) is 1. The summed E-state index contributed by atoms with van der Waals surface area (Å²) in [5, 5.41) is 0. The van der Waals surface area contributed by atoms with E-state index in [0.29, 0.717) is 0 Å². The van der Waals surface area contributed by atoms with Gasteiger partial charge >= 0.3 is 5.97 Å². The van der Waals surface area contributed by atoms with Gasteiger partial charge in [-0.2, -0.15) is 0 Å². The van der Waals surface area contributed by atoms with Crippen LogP contribution in [-0.2, 0) is 14.3 Å². The summed E-state index contributed by atoms with van der Waals surface area (Å²) < 4.78 is 18.0. The van der Waals surface area contributed by atoms with Gasteiger partial charge in [0.25, 0.3) is 0 Å². The summed E-state index contributed by atoms with van der Waals surface area (Å²) in [5.41, 5.74) is 1.99. The van der Waals surface area contributed by atoms with Gasteiger partial charge in [0, 0.05) is 24.2 Å². The molecule has 0 saturated carbocycles. The lowest BCUT2D eigenvalue weighted by atomic mass is 10.1. The number of ether oxygens (including phenoxy) is 1. The normalized spacial score (nSPS) is 16.6. The fraction of sp³-hybridized carbons (Fsp3) is 0.250. The van der Waals surface area contributed by atoms with Crippen molar-refractivity contribution >= 4 is 23.3 Å². The molecule has 1 saturated heterocycles. The number of hydrogen-bond donors (Lipinski definition) is 0. The molecule has 0 aliphatic carbocycles. The van der Waals surface area contributed by atoms with Crippen molar-refractivity contribution in [3.63, 3.8) is 0 Å². The molecule has 1 amide bonds. The van der Waals surface area contributed by atoms with Crippen molar-refractivity contribution in [1.29, 1.82) is 0 Å². The third-order valence-corrected chi connectivity index (χ3v) is 4.38. The third kappa shape index (κ3) is 3.79. The second kappa shape index (κ2) is 7.47. The van der Waals surface area contributed by atoms with Gasteiger partial charge in [-0.05, 0) is 42.8 Å². The molecule has 0 unspecified atom stereocenters. The lowest BCUT2D eigenvalue weighted by Gasteiger charge is -2.18. The molecule has 1 aliphatic rings. The van der Waals surface area contributed by atoms with Crippen LogP contribution in [0.15, 0.2) is 48.5 Å². The maximum absolute atomic E-state index is 12.9. The van der Waals surface area contributed by atoms with E-state index in [1.165, 1.54) is 24.3 Å². The number of ketones is 1. The standard InChI is InChI=1S/C20H18FNO4/c1-13-4-2-3-5-17(13)22-11-15(10-19(22)24)20(25)26-12-18(23)14-6-8-16(21)9-7-14/h2-9,15H,10-12H2,1H3/t15-/m0/s1. The molecule has 0 spiro atoms. The van der Waals surface area contributed by atoms with E-state index < -0.39 is 30.1 Å². The zero-order valence-corrected chi connectivity index (χ0v) is 14.3. The minimum absolute atomic E-state index is 0.0535. The van der Waals surface area contributed by atoms with Crippen molar-refractivity contribution in [3.05, 3.63) is 65.5 Å². The zero-order chi connectivity index (χ0) is 18.7. The number of amides is 1. The second-order valence-electron chi connectivity index (χ2n) is 6.23. The molecule has 1 heterocycles. The van der Waals surface area contributed by atoms with E-state index in [1.54, 1.807) is 4.90 Å². The van der Waals surface area contributed by atoms with Gasteiger partial charge in [-0.25, -0.2) is 4.39 Å². The van der Waals surface area contributed by atoms with Crippen LogP contribution in [0, 0.1) is 18.7 Å². The first kappa shape index (κ1) is 17.8. The lowest BCUT2D eigenvalue weighted by molar-refractivity contribution is -0.147. The molecule has 1 atom stereocenters. The van der Waals surface area contributed by atoms with Crippen molar-refractivity contribution in [2.75, 3.05) is 18.1 Å². The quantitative estimate of drug-likeness (QED) is 0.611. The maximum Gasteiger partial charge on any atom is 0.311 e. The Hall–Kier alpha value is -3.02. The van der Waals surface area contributed by atoms with Crippen LogP contribution in [-0.4, -0.2) is 30.8 Å². The average molecular weight is 355 g/mol. The topological polar surface area (TPSA) is 63.7 Å². The van der Waals surface area contributed by atoms with Crippen LogP contribution >= 0.6 is 0 Å². The lowest BCUT2D eigenvalue weighted by Crippen LogP contribution is -2.27. The molecule has 5 nitrogen and oxygen atoms in total. The van der Waals surface area contributed by atoms with E-state index in [2.05, 4.69) is 0 Å². The molecule has 1 aliphatic heterocycles. The number of nitrogens with zero attached hydrogens (tertiary/aromatic N) is 1. The Labute approximate surface area is 150 Å². The molecule has 0 bridgehead atoms. The van der Waals surface area contributed by atoms with Crippen LogP contribution in [0.5, 0.6) is 0 Å². The van der Waals surface area contributed by atoms with Crippen LogP contribution < -0.4 is 4.90 Å². The van der Waals surface area contributed by atoms with Gasteiger partial charge in [0.2, 0.25) is 5.91 Å². The highest BCUT2D eigenvalue weighted by Crippen LogP contribution is 2.28. The van der Waals surface area contributed by atoms with Crippen molar-refractivity contribution in [3.8, 4) is 0 Å². The van der Waals surface area contributed by atoms with Crippen molar-refractivity contribution in [2.45, 2.75) is 13.3 Å². The van der Waals surface area contributed by atoms with Crippen molar-refractivity contribution in [2.24, 2.45) is 5.92 Å². The number of esters is 1. The second-order valence-corrected chi connectivity index (χ2v) is 6.23. The number of carbonyl (C=O) groups excluding carboxylic acids is 3. The average Bonchev–Trinajstić information content (AvgIpc) is 3.02. The molecule has 0 N–H and O–H groups in total. The number of aryl methyl sites for hydroxylation is 1. The molecular formula is C20H18FNO4. The summed E-state index contributed by atoms with van der Waals surface area (Å²) in [4.78, 5) is 38.0. The van der Waals surface area contributed by atoms with Crippen LogP contribution in [0.4, 0.5) is 10.1 Å². The van der Waals surface area contributed by atoms with Gasteiger partial charge in [0.15, 0.2) is 12.4 Å². The summed E-state index contributed by atoms with van der Waals surface area (Å²) >= 11 is 0. The van der Waals surface area contributed by atoms with E-state index in [4.69, 9.17) is 4.74 Å². The Morgan fingerprint density at radius 1 is 1.15 bits per heavy atom. The van der Waals surface area contributed by atoms with Gasteiger partial charge < -0.3 is 9.64 Å². The molecular weight excluding hydrogens is 337 g/mol. The van der Waals surface area contributed by atoms with Gasteiger partial charge in [0.1, 0.15) is 5.82 Å². The number of carbonyl (C=O) groups is 3. The molecule has 26 heavy (non-hydrogen) atoms. The summed E-state index contributed by atoms with van der Waals surface area (Å²) in [7, 11) is 0. The van der Waals surface area contributed by atoms with Crippen molar-refractivity contribution in [1.82, 2.24) is 0 Å². The smallest absolute Gasteiger partial charge is 0.311 e. The SMILES string of the molecule is Cc1ccccc1N1C[C@@H](C(=O)OCC(=O)c2ccc(F)cc2)CC1=O. The van der Waals surface area contributed by atoms with E-state index in [9.17, 15) is 18.8 Å². The van der Waals surface area contributed by atoms with E-state index in [1.807, 2.05) is 31.2 Å². The molecule has 1 fully saturated rings. The van der Waals surface area contributed by atoms with E-state index >= 15 is 0 Å². The van der Waals surface area contributed by atoms with Gasteiger partial charge in [-0.15, -0.1) is 0 Å². The largest absolute Gasteiger partial charge is 0.457 e. The molecule has 0 aromatic heterocycles. The number of rotatable bonds is 5. The monoisotopic (exact) mass is 355 g/mol. The minimum Gasteiger partial charge on any atom is -0.457 e. The van der Waals surface area contributed by atoms with Gasteiger partial charge in [-0.3, -0.25) is 14.4 Å². The zero-order valence-electron chi connectivity index (χ0n) is 14.3. The van der Waals surface area contributed by atoms with E-state index in [-0.39, 0.29) is 24.4 Å². The Kier molecular flexibility index (Phi) is 5.11. The number of anilines is 1. The summed E-state index contributed by atoms with van der Waals surface area (Å²) in [6.45, 7) is 1.70. The predicted molar refractivity (Wildman–Crippen MR) is 93.3 cm³/mol. The minimum atomic E-state index is -0.608. The van der Waals surface area contributed by atoms with Gasteiger partial charge in [-0.1, -0.05) is 18.2 Å². The van der Waals surface area contributed by atoms with Crippen LogP contribution in [0.25, 0.3) is 0 Å². The highest BCUT2D eigenvalue weighted by atomic mass is 19.1. The Bertz CT molecular complexity index is 847. The fourth-order valence-electron chi connectivity index (χ4n) is 2.94. The first-order valence-electron chi connectivity index (χ1n) is 8.27. The number of hydrogen-bond acceptors (Lipinski definition) is 4. The summed E-state index contributed by atoms with van der Waals surface area (Å²) in [6, 6.07) is 12.5. The van der Waals surface area contributed by atoms with Crippen molar-refractivity contribution < 1.29 is 23.5 Å². The fourth-order valence-corrected chi connectivity index (χ4v) is 2.94. The molecule has 2 aromatic carbocycles. The number of halogens is 1. The maximum atomic E-state index is 12.9. The summed E-state index contributed by atoms with van der Waals surface area (Å²) in [5.74, 6) is -2.20. The highest BCUT2D eigenvalue weighted by Gasteiger charge is 2.36. The number of benzene rings is 2. The molecule has 3 rings (SSSR count). The highest BCUT2D eigenvalue weighted by molar-refractivity contribution is 6.01. The Morgan fingerprint density at radius 3 is 2.54 bits per heavy atom. The van der Waals surface area contributed by atoms with E-state index in [0.717, 1.165) is 11.3 Å². The van der Waals surface area contributed by atoms with Gasteiger partial charge in [0.05, 0.1) is 5.92 Å². The first-order chi connectivity index (χ1) is 12.5.